The molecule has 0 saturated heterocycles. The normalized spacial score (nSPS) is 11.9. The third kappa shape index (κ3) is 3.92. The van der Waals surface area contributed by atoms with Crippen molar-refractivity contribution in [2.45, 2.75) is 19.4 Å². The van der Waals surface area contributed by atoms with Crippen molar-refractivity contribution in [3.63, 3.8) is 0 Å². The highest BCUT2D eigenvalue weighted by Crippen LogP contribution is 2.23. The van der Waals surface area contributed by atoms with Crippen LogP contribution in [0.4, 0.5) is 11.4 Å². The minimum atomic E-state index is -1.32. The highest BCUT2D eigenvalue weighted by molar-refractivity contribution is 5.93. The molecule has 0 amide bonds. The van der Waals surface area contributed by atoms with E-state index in [4.69, 9.17) is 9.84 Å². The lowest BCUT2D eigenvalue weighted by Crippen LogP contribution is -2.24. The van der Waals surface area contributed by atoms with Gasteiger partial charge in [0, 0.05) is 24.9 Å². The summed E-state index contributed by atoms with van der Waals surface area (Å²) >= 11 is 0. The Kier molecular flexibility index (Phi) is 5.25. The fourth-order valence-corrected chi connectivity index (χ4v) is 1.65. The molecule has 0 radical (unpaired) electrons. The van der Waals surface area contributed by atoms with Gasteiger partial charge in [0.1, 0.15) is 5.56 Å². The number of nitrogens with zero attached hydrogens (tertiary/aromatic N) is 1. The number of rotatable bonds is 7. The number of ether oxygens (including phenoxy) is 1. The number of aromatic carboxylic acids is 1. The van der Waals surface area contributed by atoms with Gasteiger partial charge in [0.25, 0.3) is 5.69 Å². The van der Waals surface area contributed by atoms with E-state index in [9.17, 15) is 14.9 Å². The fraction of sp³-hybridized carbons (Fsp3) is 0.417. The number of benzene rings is 1. The second-order valence-electron chi connectivity index (χ2n) is 4.00. The van der Waals surface area contributed by atoms with Crippen LogP contribution in [0, 0.1) is 10.1 Å². The minimum absolute atomic E-state index is 0.0214. The van der Waals surface area contributed by atoms with E-state index >= 15 is 0 Å². The number of methoxy groups -OCH3 is 1. The van der Waals surface area contributed by atoms with Crippen molar-refractivity contribution in [1.82, 2.24) is 0 Å². The number of hydrogen-bond acceptors (Lipinski definition) is 5. The van der Waals surface area contributed by atoms with Crippen LogP contribution >= 0.6 is 0 Å². The second-order valence-corrected chi connectivity index (χ2v) is 4.00. The summed E-state index contributed by atoms with van der Waals surface area (Å²) in [6.45, 7) is 2.43. The zero-order chi connectivity index (χ0) is 14.4. The molecule has 1 atom stereocenters. The van der Waals surface area contributed by atoms with Crippen molar-refractivity contribution < 1.29 is 19.6 Å². The summed E-state index contributed by atoms with van der Waals surface area (Å²) in [5.74, 6) is -1.32. The van der Waals surface area contributed by atoms with E-state index in [-0.39, 0.29) is 11.6 Å². The Morgan fingerprint density at radius 2 is 2.26 bits per heavy atom. The molecular formula is C12H16N2O5. The Morgan fingerprint density at radius 3 is 2.74 bits per heavy atom. The number of nitro benzene ring substituents is 1. The second kappa shape index (κ2) is 6.69. The number of hydrogen-bond donors (Lipinski definition) is 2. The Balaban J connectivity index is 3.01. The van der Waals surface area contributed by atoms with Crippen LogP contribution in [-0.2, 0) is 4.74 Å². The van der Waals surface area contributed by atoms with E-state index < -0.39 is 16.6 Å². The van der Waals surface area contributed by atoms with Gasteiger partial charge in [0.05, 0.1) is 11.5 Å². The molecule has 2 N–H and O–H groups in total. The molecule has 1 aromatic carbocycles. The zero-order valence-corrected chi connectivity index (χ0v) is 10.8. The minimum Gasteiger partial charge on any atom is -0.477 e. The monoisotopic (exact) mass is 268 g/mol. The van der Waals surface area contributed by atoms with Crippen LogP contribution in [0.25, 0.3) is 0 Å². The van der Waals surface area contributed by atoms with E-state index in [1.54, 1.807) is 7.11 Å². The van der Waals surface area contributed by atoms with Gasteiger partial charge in [-0.1, -0.05) is 6.92 Å². The molecule has 0 aliphatic rings. The van der Waals surface area contributed by atoms with Gasteiger partial charge in [-0.05, 0) is 18.6 Å². The Labute approximate surface area is 110 Å². The van der Waals surface area contributed by atoms with Gasteiger partial charge in [-0.25, -0.2) is 4.79 Å². The van der Waals surface area contributed by atoms with Crippen molar-refractivity contribution in [2.24, 2.45) is 0 Å². The number of nitrogens with one attached hydrogen (secondary N) is 1. The van der Waals surface area contributed by atoms with Gasteiger partial charge >= 0.3 is 5.97 Å². The van der Waals surface area contributed by atoms with Crippen molar-refractivity contribution >= 4 is 17.3 Å². The Morgan fingerprint density at radius 1 is 1.58 bits per heavy atom. The summed E-state index contributed by atoms with van der Waals surface area (Å²) in [5, 5.41) is 22.8. The highest BCUT2D eigenvalue weighted by Gasteiger charge is 2.20. The van der Waals surface area contributed by atoms with Gasteiger partial charge in [-0.15, -0.1) is 0 Å². The van der Waals surface area contributed by atoms with Crippen LogP contribution in [0.3, 0.4) is 0 Å². The predicted molar refractivity (Wildman–Crippen MR) is 69.6 cm³/mol. The van der Waals surface area contributed by atoms with E-state index in [2.05, 4.69) is 5.32 Å². The summed E-state index contributed by atoms with van der Waals surface area (Å²) in [5.41, 5.74) is -0.230. The maximum atomic E-state index is 11.0. The lowest BCUT2D eigenvalue weighted by Gasteiger charge is -2.17. The molecule has 1 rings (SSSR count). The van der Waals surface area contributed by atoms with Crippen LogP contribution in [-0.4, -0.2) is 35.8 Å². The quantitative estimate of drug-likeness (QED) is 0.580. The van der Waals surface area contributed by atoms with Gasteiger partial charge in [-0.2, -0.15) is 0 Å². The predicted octanol–water partition coefficient (Wildman–Crippen LogP) is 2.13. The molecule has 1 aromatic rings. The van der Waals surface area contributed by atoms with Crippen molar-refractivity contribution in [3.8, 4) is 0 Å². The number of nitro groups is 1. The topological polar surface area (TPSA) is 102 Å². The summed E-state index contributed by atoms with van der Waals surface area (Å²) in [7, 11) is 1.57. The SMILES string of the molecule is CCC(COC)Nc1ccc([N+](=O)[O-])c(C(=O)O)c1. The molecule has 0 aliphatic carbocycles. The fourth-order valence-electron chi connectivity index (χ4n) is 1.65. The standard InChI is InChI=1S/C12H16N2O5/c1-3-8(7-19-2)13-9-4-5-11(14(17)18)10(6-9)12(15)16/h4-6,8,13H,3,7H2,1-2H3,(H,15,16). The molecule has 0 saturated carbocycles. The molecule has 7 nitrogen and oxygen atoms in total. The van der Waals surface area contributed by atoms with E-state index in [1.807, 2.05) is 6.92 Å². The molecule has 19 heavy (non-hydrogen) atoms. The first-order valence-electron chi connectivity index (χ1n) is 5.76. The molecule has 1 unspecified atom stereocenters. The number of anilines is 1. The largest absolute Gasteiger partial charge is 0.477 e. The molecule has 0 fully saturated rings. The molecule has 0 heterocycles. The van der Waals surface area contributed by atoms with Crippen LogP contribution in [0.15, 0.2) is 18.2 Å². The molecule has 0 aliphatic heterocycles. The number of carbonyl (C=O) groups is 1. The molecule has 0 aromatic heterocycles. The van der Waals surface area contributed by atoms with Gasteiger partial charge in [0.15, 0.2) is 0 Å². The molecule has 0 spiro atoms. The van der Waals surface area contributed by atoms with Crippen LogP contribution in [0.5, 0.6) is 0 Å². The smallest absolute Gasteiger partial charge is 0.342 e. The van der Waals surface area contributed by atoms with E-state index in [0.717, 1.165) is 6.42 Å². The lowest BCUT2D eigenvalue weighted by atomic mass is 10.1. The maximum absolute atomic E-state index is 11.0. The first-order chi connectivity index (χ1) is 8.99. The third-order valence-electron chi connectivity index (χ3n) is 2.66. The number of carboxylic acids is 1. The zero-order valence-electron chi connectivity index (χ0n) is 10.8. The molecule has 104 valence electrons. The summed E-state index contributed by atoms with van der Waals surface area (Å²) < 4.78 is 5.02. The summed E-state index contributed by atoms with van der Waals surface area (Å²) in [4.78, 5) is 21.0. The van der Waals surface area contributed by atoms with Gasteiger partial charge < -0.3 is 15.2 Å². The maximum Gasteiger partial charge on any atom is 0.342 e. The van der Waals surface area contributed by atoms with Crippen LogP contribution in [0.2, 0.25) is 0 Å². The van der Waals surface area contributed by atoms with Crippen LogP contribution < -0.4 is 5.32 Å². The van der Waals surface area contributed by atoms with Crippen LogP contribution in [0.1, 0.15) is 23.7 Å². The average molecular weight is 268 g/mol. The average Bonchev–Trinajstić information content (AvgIpc) is 2.37. The van der Waals surface area contributed by atoms with E-state index in [1.165, 1.54) is 18.2 Å². The highest BCUT2D eigenvalue weighted by atomic mass is 16.6. The summed E-state index contributed by atoms with van der Waals surface area (Å²) in [6, 6.07) is 3.96. The Bertz CT molecular complexity index is 475. The molecule has 0 bridgehead atoms. The summed E-state index contributed by atoms with van der Waals surface area (Å²) in [6.07, 6.45) is 0.785. The molecule has 7 heteroatoms. The number of carboxylic acid groups (broad SMARTS) is 1. The van der Waals surface area contributed by atoms with Crippen molar-refractivity contribution in [3.05, 3.63) is 33.9 Å². The molecular weight excluding hydrogens is 252 g/mol. The lowest BCUT2D eigenvalue weighted by molar-refractivity contribution is -0.385. The van der Waals surface area contributed by atoms with Crippen molar-refractivity contribution in [1.29, 1.82) is 0 Å². The van der Waals surface area contributed by atoms with E-state index in [0.29, 0.717) is 12.3 Å². The third-order valence-corrected chi connectivity index (χ3v) is 2.66. The van der Waals surface area contributed by atoms with Gasteiger partial charge in [-0.3, -0.25) is 10.1 Å². The first-order valence-corrected chi connectivity index (χ1v) is 5.76. The first kappa shape index (κ1) is 14.9. The van der Waals surface area contributed by atoms with Crippen molar-refractivity contribution in [2.75, 3.05) is 19.0 Å². The van der Waals surface area contributed by atoms with Gasteiger partial charge in [0.2, 0.25) is 0 Å². The Hall–Kier alpha value is -2.15.